The van der Waals surface area contributed by atoms with Crippen LogP contribution in [0.3, 0.4) is 0 Å². The molecule has 0 saturated heterocycles. The highest BCUT2D eigenvalue weighted by atomic mass is 28.4. The van der Waals surface area contributed by atoms with Gasteiger partial charge in [-0.15, -0.1) is 0 Å². The van der Waals surface area contributed by atoms with Crippen LogP contribution in [-0.4, -0.2) is 44.4 Å². The molecule has 0 saturated carbocycles. The van der Waals surface area contributed by atoms with Crippen molar-refractivity contribution in [1.29, 1.82) is 0 Å². The first-order valence-corrected chi connectivity index (χ1v) is 7.86. The molecule has 0 N–H and O–H groups in total. The molecule has 0 amide bonds. The number of hydrogen-bond donors (Lipinski definition) is 0. The third kappa shape index (κ3) is 3.27. The SMILES string of the molecule is COc1ccc(OC)c(C[Si](OC)(OC)OC)c1C. The number of ether oxygens (including phenoxy) is 2. The maximum Gasteiger partial charge on any atom is 0.504 e. The quantitative estimate of drug-likeness (QED) is 0.717. The molecule has 0 aliphatic rings. The van der Waals surface area contributed by atoms with Crippen LogP contribution in [0.1, 0.15) is 11.1 Å². The van der Waals surface area contributed by atoms with Crippen molar-refractivity contribution in [3.63, 3.8) is 0 Å². The molecule has 0 spiro atoms. The van der Waals surface area contributed by atoms with Gasteiger partial charge in [-0.05, 0) is 24.6 Å². The van der Waals surface area contributed by atoms with Gasteiger partial charge < -0.3 is 22.8 Å². The summed E-state index contributed by atoms with van der Waals surface area (Å²) in [6.45, 7) is 1.98. The molecule has 0 radical (unpaired) electrons. The highest BCUT2D eigenvalue weighted by Gasteiger charge is 2.39. The van der Waals surface area contributed by atoms with Gasteiger partial charge in [-0.1, -0.05) is 0 Å². The Morgan fingerprint density at radius 2 is 1.32 bits per heavy atom. The first-order chi connectivity index (χ1) is 9.07. The van der Waals surface area contributed by atoms with Crippen molar-refractivity contribution in [3.05, 3.63) is 23.3 Å². The van der Waals surface area contributed by atoms with Crippen LogP contribution in [0.15, 0.2) is 12.1 Å². The molecular weight excluding hydrogens is 264 g/mol. The molecule has 1 aromatic rings. The lowest BCUT2D eigenvalue weighted by Crippen LogP contribution is -2.45. The molecule has 0 bridgehead atoms. The van der Waals surface area contributed by atoms with E-state index < -0.39 is 8.80 Å². The molecule has 0 unspecified atom stereocenters. The Bertz CT molecular complexity index is 409. The fraction of sp³-hybridized carbons (Fsp3) is 0.538. The number of hydrogen-bond acceptors (Lipinski definition) is 5. The van der Waals surface area contributed by atoms with Gasteiger partial charge in [0.2, 0.25) is 0 Å². The first kappa shape index (κ1) is 16.0. The lowest BCUT2D eigenvalue weighted by atomic mass is 10.1. The van der Waals surface area contributed by atoms with Crippen molar-refractivity contribution < 1.29 is 22.8 Å². The molecule has 0 heterocycles. The Hall–Kier alpha value is -1.08. The van der Waals surface area contributed by atoms with Crippen molar-refractivity contribution in [3.8, 4) is 11.5 Å². The molecule has 19 heavy (non-hydrogen) atoms. The summed E-state index contributed by atoms with van der Waals surface area (Å²) in [6.07, 6.45) is 0. The highest BCUT2D eigenvalue weighted by Crippen LogP contribution is 2.32. The van der Waals surface area contributed by atoms with Crippen molar-refractivity contribution >= 4 is 8.80 Å². The van der Waals surface area contributed by atoms with E-state index in [0.717, 1.165) is 22.6 Å². The highest BCUT2D eigenvalue weighted by molar-refractivity contribution is 6.60. The van der Waals surface area contributed by atoms with Gasteiger partial charge in [0.1, 0.15) is 11.5 Å². The number of methoxy groups -OCH3 is 2. The van der Waals surface area contributed by atoms with E-state index in [-0.39, 0.29) is 0 Å². The lowest BCUT2D eigenvalue weighted by molar-refractivity contribution is 0.122. The van der Waals surface area contributed by atoms with E-state index >= 15 is 0 Å². The van der Waals surface area contributed by atoms with Gasteiger partial charge in [0, 0.05) is 32.9 Å². The van der Waals surface area contributed by atoms with Gasteiger partial charge in [-0.25, -0.2) is 0 Å². The molecule has 0 aliphatic heterocycles. The predicted octanol–water partition coefficient (Wildman–Crippen LogP) is 1.97. The zero-order valence-electron chi connectivity index (χ0n) is 12.4. The van der Waals surface area contributed by atoms with Gasteiger partial charge in [0.05, 0.1) is 14.2 Å². The summed E-state index contributed by atoms with van der Waals surface area (Å²) in [7, 11) is 5.37. The Morgan fingerprint density at radius 3 is 1.74 bits per heavy atom. The van der Waals surface area contributed by atoms with E-state index in [1.807, 2.05) is 19.1 Å². The minimum atomic E-state index is -2.71. The van der Waals surface area contributed by atoms with Crippen LogP contribution in [0.5, 0.6) is 11.5 Å². The minimum Gasteiger partial charge on any atom is -0.496 e. The summed E-state index contributed by atoms with van der Waals surface area (Å²) in [4.78, 5) is 0. The third-order valence-corrected chi connectivity index (χ3v) is 5.92. The molecule has 0 aliphatic carbocycles. The molecule has 108 valence electrons. The Labute approximate surface area is 115 Å². The van der Waals surface area contributed by atoms with Crippen LogP contribution in [0.2, 0.25) is 0 Å². The van der Waals surface area contributed by atoms with E-state index in [1.165, 1.54) is 0 Å². The molecule has 0 aromatic heterocycles. The summed E-state index contributed by atoms with van der Waals surface area (Å²) >= 11 is 0. The van der Waals surface area contributed by atoms with Crippen LogP contribution >= 0.6 is 0 Å². The van der Waals surface area contributed by atoms with Gasteiger partial charge in [-0.2, -0.15) is 0 Å². The molecule has 0 fully saturated rings. The standard InChI is InChI=1S/C13H22O5Si/c1-10-11(9-19(16-4,17-5)18-6)13(15-3)8-7-12(10)14-2/h7-8H,9H2,1-6H3. The summed E-state index contributed by atoms with van der Waals surface area (Å²) < 4.78 is 27.1. The predicted molar refractivity (Wildman–Crippen MR) is 74.8 cm³/mol. The van der Waals surface area contributed by atoms with Crippen LogP contribution < -0.4 is 9.47 Å². The van der Waals surface area contributed by atoms with Crippen molar-refractivity contribution in [2.45, 2.75) is 13.0 Å². The maximum atomic E-state index is 5.47. The number of benzene rings is 1. The van der Waals surface area contributed by atoms with E-state index in [4.69, 9.17) is 22.8 Å². The van der Waals surface area contributed by atoms with Crippen molar-refractivity contribution in [2.24, 2.45) is 0 Å². The molecular formula is C13H22O5Si. The zero-order chi connectivity index (χ0) is 14.5. The van der Waals surface area contributed by atoms with Crippen molar-refractivity contribution in [1.82, 2.24) is 0 Å². The largest absolute Gasteiger partial charge is 0.504 e. The molecule has 5 nitrogen and oxygen atoms in total. The fourth-order valence-electron chi connectivity index (χ4n) is 2.03. The van der Waals surface area contributed by atoms with Crippen LogP contribution in [0.4, 0.5) is 0 Å². The maximum absolute atomic E-state index is 5.47. The summed E-state index contributed by atoms with van der Waals surface area (Å²) in [5, 5.41) is 0. The van der Waals surface area contributed by atoms with E-state index in [0.29, 0.717) is 6.04 Å². The Morgan fingerprint density at radius 1 is 0.842 bits per heavy atom. The first-order valence-electron chi connectivity index (χ1n) is 5.93. The second kappa shape index (κ2) is 6.90. The second-order valence-corrected chi connectivity index (χ2v) is 6.99. The molecule has 1 rings (SSSR count). The Balaban J connectivity index is 3.24. The smallest absolute Gasteiger partial charge is 0.496 e. The van der Waals surface area contributed by atoms with Gasteiger partial charge in [-0.3, -0.25) is 0 Å². The Kier molecular flexibility index (Phi) is 5.80. The summed E-state index contributed by atoms with van der Waals surface area (Å²) in [5.74, 6) is 1.59. The molecule has 1 aromatic carbocycles. The fourth-order valence-corrected chi connectivity index (χ4v) is 3.83. The third-order valence-electron chi connectivity index (χ3n) is 3.27. The van der Waals surface area contributed by atoms with Crippen molar-refractivity contribution in [2.75, 3.05) is 35.5 Å². The summed E-state index contributed by atoms with van der Waals surface area (Å²) in [5.41, 5.74) is 1.99. The normalized spacial score (nSPS) is 11.5. The summed E-state index contributed by atoms with van der Waals surface area (Å²) in [6, 6.07) is 4.29. The van der Waals surface area contributed by atoms with E-state index in [9.17, 15) is 0 Å². The van der Waals surface area contributed by atoms with Crippen LogP contribution in [0, 0.1) is 6.92 Å². The second-order valence-electron chi connectivity index (χ2n) is 4.05. The van der Waals surface area contributed by atoms with Gasteiger partial charge in [0.15, 0.2) is 0 Å². The molecule has 0 atom stereocenters. The molecule has 6 heteroatoms. The van der Waals surface area contributed by atoms with E-state index in [1.54, 1.807) is 35.5 Å². The average Bonchev–Trinajstić information content (AvgIpc) is 2.46. The topological polar surface area (TPSA) is 46.2 Å². The lowest BCUT2D eigenvalue weighted by Gasteiger charge is -2.26. The average molecular weight is 286 g/mol. The van der Waals surface area contributed by atoms with Gasteiger partial charge >= 0.3 is 8.80 Å². The van der Waals surface area contributed by atoms with Crippen LogP contribution in [0.25, 0.3) is 0 Å². The zero-order valence-corrected chi connectivity index (χ0v) is 13.4. The minimum absolute atomic E-state index is 0.530. The number of rotatable bonds is 7. The van der Waals surface area contributed by atoms with Gasteiger partial charge in [0.25, 0.3) is 0 Å². The monoisotopic (exact) mass is 286 g/mol. The van der Waals surface area contributed by atoms with E-state index in [2.05, 4.69) is 0 Å². The van der Waals surface area contributed by atoms with Crippen LogP contribution in [-0.2, 0) is 19.3 Å².